The molecule has 0 unspecified atom stereocenters. The van der Waals surface area contributed by atoms with Crippen LogP contribution in [0.5, 0.6) is 0 Å². The molecule has 1 N–H and O–H groups in total. The van der Waals surface area contributed by atoms with Gasteiger partial charge in [-0.15, -0.1) is 0 Å². The summed E-state index contributed by atoms with van der Waals surface area (Å²) >= 11 is 0. The highest BCUT2D eigenvalue weighted by molar-refractivity contribution is 5.94. The molecule has 0 bridgehead atoms. The van der Waals surface area contributed by atoms with E-state index in [1.807, 2.05) is 24.3 Å². The number of ether oxygens (including phenoxy) is 2. The Morgan fingerprint density at radius 1 is 1.20 bits per heavy atom. The van der Waals surface area contributed by atoms with Gasteiger partial charge in [-0.3, -0.25) is 14.5 Å². The quantitative estimate of drug-likeness (QED) is 0.805. The van der Waals surface area contributed by atoms with Crippen molar-refractivity contribution in [1.82, 2.24) is 4.90 Å². The number of amides is 1. The third-order valence-corrected chi connectivity index (χ3v) is 4.67. The molecule has 25 heavy (non-hydrogen) atoms. The highest BCUT2D eigenvalue weighted by atomic mass is 16.5. The number of carbonyl (C=O) groups excluding carboxylic acids is 2. The van der Waals surface area contributed by atoms with Gasteiger partial charge in [-0.25, -0.2) is 0 Å². The van der Waals surface area contributed by atoms with Gasteiger partial charge in [-0.1, -0.05) is 0 Å². The molecule has 7 heteroatoms. The van der Waals surface area contributed by atoms with E-state index in [2.05, 4.69) is 15.1 Å². The van der Waals surface area contributed by atoms with Gasteiger partial charge in [0, 0.05) is 44.2 Å². The van der Waals surface area contributed by atoms with Crippen molar-refractivity contribution in [2.45, 2.75) is 18.9 Å². The zero-order valence-electron chi connectivity index (χ0n) is 14.6. The van der Waals surface area contributed by atoms with Crippen molar-refractivity contribution in [3.05, 3.63) is 24.3 Å². The fourth-order valence-electron chi connectivity index (χ4n) is 3.17. The van der Waals surface area contributed by atoms with Gasteiger partial charge in [0.1, 0.15) is 6.10 Å². The standard InChI is InChI=1S/C18H25N3O4/c1-24-17(22)13-20-8-10-21(11-9-20)15-6-4-14(5-7-15)19-18(23)16-3-2-12-25-16/h4-7,16H,2-3,8-13H2,1H3,(H,19,23)/t16-/m0/s1. The number of nitrogens with one attached hydrogen (secondary N) is 1. The monoisotopic (exact) mass is 347 g/mol. The molecule has 2 aliphatic heterocycles. The molecule has 2 fully saturated rings. The minimum Gasteiger partial charge on any atom is -0.468 e. The number of piperazine rings is 1. The van der Waals surface area contributed by atoms with Gasteiger partial charge in [0.05, 0.1) is 13.7 Å². The van der Waals surface area contributed by atoms with Crippen molar-refractivity contribution in [3.63, 3.8) is 0 Å². The summed E-state index contributed by atoms with van der Waals surface area (Å²) < 4.78 is 10.1. The van der Waals surface area contributed by atoms with Crippen LogP contribution in [0.15, 0.2) is 24.3 Å². The SMILES string of the molecule is COC(=O)CN1CCN(c2ccc(NC(=O)[C@@H]3CCCO3)cc2)CC1. The third-order valence-electron chi connectivity index (χ3n) is 4.67. The normalized spacial score (nSPS) is 21.2. The molecule has 1 aromatic carbocycles. The minimum absolute atomic E-state index is 0.0679. The fraction of sp³-hybridized carbons (Fsp3) is 0.556. The smallest absolute Gasteiger partial charge is 0.319 e. The van der Waals surface area contributed by atoms with E-state index in [-0.39, 0.29) is 18.0 Å². The number of hydrogen-bond donors (Lipinski definition) is 1. The van der Waals surface area contributed by atoms with Crippen LogP contribution in [0.3, 0.4) is 0 Å². The summed E-state index contributed by atoms with van der Waals surface area (Å²) in [5.41, 5.74) is 1.90. The second-order valence-corrected chi connectivity index (χ2v) is 6.38. The van der Waals surface area contributed by atoms with E-state index in [1.54, 1.807) is 0 Å². The first-order valence-electron chi connectivity index (χ1n) is 8.72. The molecule has 2 heterocycles. The number of anilines is 2. The lowest BCUT2D eigenvalue weighted by Gasteiger charge is -2.35. The first kappa shape index (κ1) is 17.7. The molecule has 2 saturated heterocycles. The molecular formula is C18H25N3O4. The Bertz CT molecular complexity index is 591. The second kappa shape index (κ2) is 8.31. The largest absolute Gasteiger partial charge is 0.468 e. The lowest BCUT2D eigenvalue weighted by atomic mass is 10.2. The van der Waals surface area contributed by atoms with Gasteiger partial charge < -0.3 is 19.7 Å². The molecule has 1 aromatic rings. The van der Waals surface area contributed by atoms with Gasteiger partial charge >= 0.3 is 5.97 Å². The van der Waals surface area contributed by atoms with Gasteiger partial charge in [-0.05, 0) is 37.1 Å². The van der Waals surface area contributed by atoms with Gasteiger partial charge in [0.2, 0.25) is 0 Å². The zero-order chi connectivity index (χ0) is 17.6. The Morgan fingerprint density at radius 2 is 1.92 bits per heavy atom. The summed E-state index contributed by atoms with van der Waals surface area (Å²) in [6.45, 7) is 4.38. The molecule has 0 radical (unpaired) electrons. The lowest BCUT2D eigenvalue weighted by molar-refractivity contribution is -0.142. The summed E-state index contributed by atoms with van der Waals surface area (Å²) in [5, 5.41) is 2.91. The summed E-state index contributed by atoms with van der Waals surface area (Å²) in [6, 6.07) is 7.87. The summed E-state index contributed by atoms with van der Waals surface area (Å²) in [5.74, 6) is -0.263. The Labute approximate surface area is 147 Å². The van der Waals surface area contributed by atoms with E-state index in [0.717, 1.165) is 50.4 Å². The van der Waals surface area contributed by atoms with Crippen LogP contribution in [0.4, 0.5) is 11.4 Å². The topological polar surface area (TPSA) is 71.1 Å². The minimum atomic E-state index is -0.317. The molecule has 1 atom stereocenters. The number of nitrogens with zero attached hydrogens (tertiary/aromatic N) is 2. The average molecular weight is 347 g/mol. The number of benzene rings is 1. The maximum atomic E-state index is 12.1. The fourth-order valence-corrected chi connectivity index (χ4v) is 3.17. The molecule has 1 amide bonds. The molecule has 0 aromatic heterocycles. The van der Waals surface area contributed by atoms with E-state index in [4.69, 9.17) is 9.47 Å². The molecule has 0 spiro atoms. The number of rotatable bonds is 5. The molecule has 136 valence electrons. The molecule has 0 saturated carbocycles. The van der Waals surface area contributed by atoms with Crippen LogP contribution in [-0.4, -0.2) is 69.3 Å². The van der Waals surface area contributed by atoms with Crippen LogP contribution < -0.4 is 10.2 Å². The Morgan fingerprint density at radius 3 is 2.52 bits per heavy atom. The van der Waals surface area contributed by atoms with Crippen molar-refractivity contribution in [2.24, 2.45) is 0 Å². The Hall–Kier alpha value is -2.12. The number of hydrogen-bond acceptors (Lipinski definition) is 6. The summed E-state index contributed by atoms with van der Waals surface area (Å²) in [4.78, 5) is 27.8. The van der Waals surface area contributed by atoms with Crippen LogP contribution in [0, 0.1) is 0 Å². The van der Waals surface area contributed by atoms with Gasteiger partial charge in [0.15, 0.2) is 0 Å². The van der Waals surface area contributed by atoms with E-state index >= 15 is 0 Å². The van der Waals surface area contributed by atoms with Crippen molar-refractivity contribution in [2.75, 3.05) is 56.7 Å². The molecule has 0 aliphatic carbocycles. The van der Waals surface area contributed by atoms with Gasteiger partial charge in [0.25, 0.3) is 5.91 Å². The maximum Gasteiger partial charge on any atom is 0.319 e. The van der Waals surface area contributed by atoms with Crippen LogP contribution in [-0.2, 0) is 19.1 Å². The predicted octanol–water partition coefficient (Wildman–Crippen LogP) is 1.10. The van der Waals surface area contributed by atoms with E-state index < -0.39 is 0 Å². The molecule has 3 rings (SSSR count). The maximum absolute atomic E-state index is 12.1. The summed E-state index contributed by atoms with van der Waals surface area (Å²) in [7, 11) is 1.41. The lowest BCUT2D eigenvalue weighted by Crippen LogP contribution is -2.48. The number of esters is 1. The first-order chi connectivity index (χ1) is 12.2. The van der Waals surface area contributed by atoms with Crippen molar-refractivity contribution in [1.29, 1.82) is 0 Å². The van der Waals surface area contributed by atoms with Crippen LogP contribution in [0.2, 0.25) is 0 Å². The Kier molecular flexibility index (Phi) is 5.88. The number of methoxy groups -OCH3 is 1. The van der Waals surface area contributed by atoms with Crippen molar-refractivity contribution >= 4 is 23.3 Å². The molecule has 2 aliphatic rings. The van der Waals surface area contributed by atoms with E-state index in [9.17, 15) is 9.59 Å². The summed E-state index contributed by atoms with van der Waals surface area (Å²) in [6.07, 6.45) is 1.42. The van der Waals surface area contributed by atoms with Crippen LogP contribution >= 0.6 is 0 Å². The molecule has 7 nitrogen and oxygen atoms in total. The van der Waals surface area contributed by atoms with Crippen molar-refractivity contribution < 1.29 is 19.1 Å². The van der Waals surface area contributed by atoms with Crippen LogP contribution in [0.1, 0.15) is 12.8 Å². The van der Waals surface area contributed by atoms with Gasteiger partial charge in [-0.2, -0.15) is 0 Å². The Balaban J connectivity index is 1.49. The zero-order valence-corrected chi connectivity index (χ0v) is 14.6. The highest BCUT2D eigenvalue weighted by Gasteiger charge is 2.23. The van der Waals surface area contributed by atoms with Crippen molar-refractivity contribution in [3.8, 4) is 0 Å². The second-order valence-electron chi connectivity index (χ2n) is 6.38. The van der Waals surface area contributed by atoms with E-state index in [1.165, 1.54) is 7.11 Å². The number of carbonyl (C=O) groups is 2. The average Bonchev–Trinajstić information content (AvgIpc) is 3.18. The third kappa shape index (κ3) is 4.70. The van der Waals surface area contributed by atoms with Crippen LogP contribution in [0.25, 0.3) is 0 Å². The van der Waals surface area contributed by atoms with E-state index in [0.29, 0.717) is 13.2 Å². The first-order valence-corrected chi connectivity index (χ1v) is 8.72. The highest BCUT2D eigenvalue weighted by Crippen LogP contribution is 2.21. The predicted molar refractivity (Wildman–Crippen MR) is 94.7 cm³/mol. The molecular weight excluding hydrogens is 322 g/mol.